The van der Waals surface area contributed by atoms with Gasteiger partial charge in [0.2, 0.25) is 5.91 Å². The van der Waals surface area contributed by atoms with Gasteiger partial charge in [-0.3, -0.25) is 9.52 Å². The summed E-state index contributed by atoms with van der Waals surface area (Å²) in [6, 6.07) is 10.7. The van der Waals surface area contributed by atoms with E-state index in [0.717, 1.165) is 0 Å². The summed E-state index contributed by atoms with van der Waals surface area (Å²) in [5, 5.41) is 0. The molecule has 0 atom stereocenters. The second kappa shape index (κ2) is 5.45. The largest absolute Gasteiger partial charge is 0.397 e. The average molecular weight is 305 g/mol. The lowest BCUT2D eigenvalue weighted by Crippen LogP contribution is -2.17. The molecule has 1 amide bonds. The van der Waals surface area contributed by atoms with E-state index in [0.29, 0.717) is 11.3 Å². The number of para-hydroxylation sites is 2. The van der Waals surface area contributed by atoms with Gasteiger partial charge in [0, 0.05) is 5.56 Å². The molecule has 0 spiro atoms. The molecule has 2 aromatic rings. The maximum Gasteiger partial charge on any atom is 0.261 e. The topological polar surface area (TPSA) is 115 Å². The van der Waals surface area contributed by atoms with Crippen LogP contribution in [-0.2, 0) is 10.0 Å². The first kappa shape index (κ1) is 14.9. The van der Waals surface area contributed by atoms with E-state index in [9.17, 15) is 13.2 Å². The van der Waals surface area contributed by atoms with Crippen LogP contribution >= 0.6 is 0 Å². The molecule has 7 heteroatoms. The highest BCUT2D eigenvalue weighted by Gasteiger charge is 2.18. The zero-order chi connectivity index (χ0) is 15.6. The molecule has 6 nitrogen and oxygen atoms in total. The van der Waals surface area contributed by atoms with Crippen LogP contribution in [0.2, 0.25) is 0 Å². The number of hydrogen-bond donors (Lipinski definition) is 3. The Morgan fingerprint density at radius 2 is 1.81 bits per heavy atom. The molecule has 0 aliphatic carbocycles. The number of nitrogens with two attached hydrogens (primary N) is 2. The Kier molecular flexibility index (Phi) is 3.86. The van der Waals surface area contributed by atoms with Gasteiger partial charge < -0.3 is 11.5 Å². The lowest BCUT2D eigenvalue weighted by molar-refractivity contribution is 0.0999. The summed E-state index contributed by atoms with van der Waals surface area (Å²) in [4.78, 5) is 11.2. The van der Waals surface area contributed by atoms with E-state index in [4.69, 9.17) is 11.5 Å². The Labute approximate surface area is 122 Å². The van der Waals surface area contributed by atoms with Crippen LogP contribution in [0.4, 0.5) is 11.4 Å². The van der Waals surface area contributed by atoms with Crippen molar-refractivity contribution in [1.82, 2.24) is 0 Å². The molecule has 2 aromatic carbocycles. The predicted molar refractivity (Wildman–Crippen MR) is 81.4 cm³/mol. The number of aryl methyl sites for hydroxylation is 1. The molecule has 2 rings (SSSR count). The minimum atomic E-state index is -3.85. The third-order valence-electron chi connectivity index (χ3n) is 2.99. The van der Waals surface area contributed by atoms with Crippen LogP contribution in [-0.4, -0.2) is 14.3 Å². The number of rotatable bonds is 4. The lowest BCUT2D eigenvalue weighted by atomic mass is 10.1. The van der Waals surface area contributed by atoms with E-state index >= 15 is 0 Å². The molecule has 0 unspecified atom stereocenters. The number of nitrogen functional groups attached to an aromatic ring is 1. The highest BCUT2D eigenvalue weighted by atomic mass is 32.2. The first-order chi connectivity index (χ1) is 9.81. The van der Waals surface area contributed by atoms with Gasteiger partial charge in [-0.05, 0) is 36.8 Å². The molecule has 0 aliphatic rings. The number of anilines is 2. The van der Waals surface area contributed by atoms with Crippen LogP contribution in [0.15, 0.2) is 47.4 Å². The van der Waals surface area contributed by atoms with Crippen molar-refractivity contribution in [2.45, 2.75) is 11.8 Å². The van der Waals surface area contributed by atoms with Gasteiger partial charge in [-0.25, -0.2) is 8.42 Å². The standard InChI is InChI=1S/C14H15N3O3S/c1-9-6-7-10(8-11(9)14(16)18)21(19,20)17-13-5-3-2-4-12(13)15/h2-8,17H,15H2,1H3,(H2,16,18). The van der Waals surface area contributed by atoms with E-state index in [-0.39, 0.29) is 16.1 Å². The molecule has 0 radical (unpaired) electrons. The Morgan fingerprint density at radius 1 is 1.14 bits per heavy atom. The number of carbonyl (C=O) groups is 1. The highest BCUT2D eigenvalue weighted by molar-refractivity contribution is 7.92. The second-order valence-corrected chi connectivity index (χ2v) is 6.22. The first-order valence-electron chi connectivity index (χ1n) is 6.09. The molecule has 0 bridgehead atoms. The molecule has 21 heavy (non-hydrogen) atoms. The number of primary amides is 1. The Morgan fingerprint density at radius 3 is 2.43 bits per heavy atom. The molecule has 0 saturated carbocycles. The SMILES string of the molecule is Cc1ccc(S(=O)(=O)Nc2ccccc2N)cc1C(N)=O. The third-order valence-corrected chi connectivity index (χ3v) is 4.35. The summed E-state index contributed by atoms with van der Waals surface area (Å²) in [7, 11) is -3.85. The van der Waals surface area contributed by atoms with Crippen molar-refractivity contribution >= 4 is 27.3 Å². The fraction of sp³-hybridized carbons (Fsp3) is 0.0714. The molecule has 0 saturated heterocycles. The summed E-state index contributed by atoms with van der Waals surface area (Å²) in [5.74, 6) is -0.677. The van der Waals surface area contributed by atoms with E-state index in [1.165, 1.54) is 18.2 Å². The van der Waals surface area contributed by atoms with E-state index in [2.05, 4.69) is 4.72 Å². The van der Waals surface area contributed by atoms with Crippen molar-refractivity contribution < 1.29 is 13.2 Å². The number of amides is 1. The Bertz CT molecular complexity index is 801. The quantitative estimate of drug-likeness (QED) is 0.742. The summed E-state index contributed by atoms with van der Waals surface area (Å²) in [6.45, 7) is 1.68. The van der Waals surface area contributed by atoms with Crippen LogP contribution in [0.3, 0.4) is 0 Å². The van der Waals surface area contributed by atoms with Gasteiger partial charge in [-0.1, -0.05) is 18.2 Å². The first-order valence-corrected chi connectivity index (χ1v) is 7.57. The summed E-state index contributed by atoms with van der Waals surface area (Å²) in [5.41, 5.74) is 12.3. The fourth-order valence-electron chi connectivity index (χ4n) is 1.83. The maximum absolute atomic E-state index is 12.3. The van der Waals surface area contributed by atoms with Crippen molar-refractivity contribution in [3.63, 3.8) is 0 Å². The predicted octanol–water partition coefficient (Wildman–Crippen LogP) is 1.48. The molecule has 0 heterocycles. The Hall–Kier alpha value is -2.54. The summed E-state index contributed by atoms with van der Waals surface area (Å²) < 4.78 is 27.0. The van der Waals surface area contributed by atoms with Gasteiger partial charge in [0.25, 0.3) is 10.0 Å². The van der Waals surface area contributed by atoms with Crippen molar-refractivity contribution in [2.24, 2.45) is 5.73 Å². The van der Waals surface area contributed by atoms with Crippen molar-refractivity contribution in [2.75, 3.05) is 10.5 Å². The molecule has 0 fully saturated rings. The molecular formula is C14H15N3O3S. The van der Waals surface area contributed by atoms with Crippen LogP contribution in [0.1, 0.15) is 15.9 Å². The number of nitrogens with one attached hydrogen (secondary N) is 1. The zero-order valence-electron chi connectivity index (χ0n) is 11.3. The molecule has 5 N–H and O–H groups in total. The van der Waals surface area contributed by atoms with E-state index < -0.39 is 15.9 Å². The molecule has 0 aromatic heterocycles. The normalized spacial score (nSPS) is 11.1. The third kappa shape index (κ3) is 3.14. The number of hydrogen-bond acceptors (Lipinski definition) is 4. The highest BCUT2D eigenvalue weighted by Crippen LogP contribution is 2.22. The van der Waals surface area contributed by atoms with Crippen molar-refractivity contribution in [1.29, 1.82) is 0 Å². The van der Waals surface area contributed by atoms with Crippen LogP contribution in [0.25, 0.3) is 0 Å². The lowest BCUT2D eigenvalue weighted by Gasteiger charge is -2.11. The monoisotopic (exact) mass is 305 g/mol. The van der Waals surface area contributed by atoms with Gasteiger partial charge in [-0.15, -0.1) is 0 Å². The number of benzene rings is 2. The van der Waals surface area contributed by atoms with Crippen LogP contribution in [0, 0.1) is 6.92 Å². The van der Waals surface area contributed by atoms with E-state index in [1.54, 1.807) is 31.2 Å². The number of carbonyl (C=O) groups excluding carboxylic acids is 1. The van der Waals surface area contributed by atoms with Gasteiger partial charge in [0.15, 0.2) is 0 Å². The zero-order valence-corrected chi connectivity index (χ0v) is 12.1. The minimum Gasteiger partial charge on any atom is -0.397 e. The number of sulfonamides is 1. The average Bonchev–Trinajstić information content (AvgIpc) is 2.41. The molecule has 0 aliphatic heterocycles. The molecular weight excluding hydrogens is 290 g/mol. The van der Waals surface area contributed by atoms with E-state index in [1.807, 2.05) is 0 Å². The molecule has 110 valence electrons. The minimum absolute atomic E-state index is 0.0508. The summed E-state index contributed by atoms with van der Waals surface area (Å²) >= 11 is 0. The van der Waals surface area contributed by atoms with Crippen LogP contribution in [0.5, 0.6) is 0 Å². The van der Waals surface area contributed by atoms with Gasteiger partial charge in [0.1, 0.15) is 0 Å². The fourth-order valence-corrected chi connectivity index (χ4v) is 2.94. The van der Waals surface area contributed by atoms with Crippen LogP contribution < -0.4 is 16.2 Å². The van der Waals surface area contributed by atoms with Gasteiger partial charge in [-0.2, -0.15) is 0 Å². The second-order valence-electron chi connectivity index (χ2n) is 4.53. The maximum atomic E-state index is 12.3. The summed E-state index contributed by atoms with van der Waals surface area (Å²) in [6.07, 6.45) is 0. The smallest absolute Gasteiger partial charge is 0.261 e. The Balaban J connectivity index is 2.43. The van der Waals surface area contributed by atoms with Gasteiger partial charge >= 0.3 is 0 Å². The van der Waals surface area contributed by atoms with Crippen molar-refractivity contribution in [3.05, 3.63) is 53.6 Å². The van der Waals surface area contributed by atoms with Crippen molar-refractivity contribution in [3.8, 4) is 0 Å². The van der Waals surface area contributed by atoms with Gasteiger partial charge in [0.05, 0.1) is 16.3 Å².